The van der Waals surface area contributed by atoms with Crippen molar-refractivity contribution < 1.29 is 4.79 Å². The maximum Gasteiger partial charge on any atom is 0.332 e. The third-order valence-electron chi connectivity index (χ3n) is 5.73. The molecular weight excluding hydrogens is 394 g/mol. The van der Waals surface area contributed by atoms with Crippen molar-refractivity contribution >= 4 is 16.9 Å². The van der Waals surface area contributed by atoms with Crippen molar-refractivity contribution in [3.8, 4) is 5.69 Å². The minimum Gasteiger partial charge on any atom is -0.318 e. The summed E-state index contributed by atoms with van der Waals surface area (Å²) in [5.74, 6) is -0.126. The number of ketones is 1. The van der Waals surface area contributed by atoms with Crippen LogP contribution in [-0.2, 0) is 20.6 Å². The van der Waals surface area contributed by atoms with Crippen molar-refractivity contribution in [1.29, 1.82) is 0 Å². The van der Waals surface area contributed by atoms with Crippen LogP contribution >= 0.6 is 0 Å². The molecule has 0 unspecified atom stereocenters. The Morgan fingerprint density at radius 2 is 1.58 bits per heavy atom. The quantitative estimate of drug-likeness (QED) is 0.476. The van der Waals surface area contributed by atoms with Crippen molar-refractivity contribution in [1.82, 2.24) is 23.3 Å². The van der Waals surface area contributed by atoms with Gasteiger partial charge in [-0.15, -0.1) is 0 Å². The van der Waals surface area contributed by atoms with Crippen LogP contribution in [0.4, 0.5) is 0 Å². The van der Waals surface area contributed by atoms with Crippen LogP contribution in [-0.4, -0.2) is 29.0 Å². The number of carbonyl (C=O) groups excluding carboxylic acids is 1. The van der Waals surface area contributed by atoms with Gasteiger partial charge in [-0.05, 0) is 57.0 Å². The van der Waals surface area contributed by atoms with Crippen LogP contribution in [0.15, 0.2) is 40.2 Å². The van der Waals surface area contributed by atoms with Gasteiger partial charge in [0.1, 0.15) is 0 Å². The summed E-state index contributed by atoms with van der Waals surface area (Å²) in [5.41, 5.74) is 5.31. The molecule has 0 N–H and O–H groups in total. The fourth-order valence-corrected chi connectivity index (χ4v) is 4.28. The fraction of sp³-hybridized carbons (Fsp3) is 0.304. The van der Waals surface area contributed by atoms with E-state index in [0.29, 0.717) is 5.56 Å². The first kappa shape index (κ1) is 20.6. The van der Waals surface area contributed by atoms with Gasteiger partial charge in [-0.25, -0.2) is 9.78 Å². The lowest BCUT2D eigenvalue weighted by Crippen LogP contribution is -2.37. The van der Waals surface area contributed by atoms with E-state index >= 15 is 0 Å². The minimum absolute atomic E-state index is 0.0406. The van der Waals surface area contributed by atoms with E-state index in [0.717, 1.165) is 32.8 Å². The number of imidazole rings is 1. The second-order valence-electron chi connectivity index (χ2n) is 8.14. The average Bonchev–Trinajstić information content (AvgIpc) is 3.24. The number of hydrogen-bond donors (Lipinski definition) is 0. The molecular formula is C23H25N5O3. The molecule has 8 nitrogen and oxygen atoms in total. The van der Waals surface area contributed by atoms with Crippen molar-refractivity contribution in [3.63, 3.8) is 0 Å². The molecule has 31 heavy (non-hydrogen) atoms. The van der Waals surface area contributed by atoms with E-state index < -0.39 is 11.2 Å². The standard InChI is InChI=1S/C23H25N5O3/c1-13-7-14(2)9-17(8-13)28-15(3)10-18(16(28)4)19(29)11-27-12-24-21-20(27)22(30)26(6)23(31)25(21)5/h7-10,12H,11H2,1-6H3. The highest BCUT2D eigenvalue weighted by atomic mass is 16.2. The molecule has 0 aliphatic heterocycles. The molecule has 0 saturated carbocycles. The van der Waals surface area contributed by atoms with E-state index in [9.17, 15) is 14.4 Å². The van der Waals surface area contributed by atoms with E-state index in [1.54, 1.807) is 7.05 Å². The summed E-state index contributed by atoms with van der Waals surface area (Å²) in [6, 6.07) is 8.17. The number of aromatic nitrogens is 5. The van der Waals surface area contributed by atoms with Gasteiger partial charge < -0.3 is 9.13 Å². The predicted molar refractivity (Wildman–Crippen MR) is 119 cm³/mol. The van der Waals surface area contributed by atoms with Gasteiger partial charge in [0.05, 0.1) is 12.9 Å². The third kappa shape index (κ3) is 3.24. The second kappa shape index (κ2) is 7.23. The van der Waals surface area contributed by atoms with Gasteiger partial charge in [0, 0.05) is 36.7 Å². The monoisotopic (exact) mass is 419 g/mol. The molecule has 8 heteroatoms. The Hall–Kier alpha value is -3.68. The van der Waals surface area contributed by atoms with Gasteiger partial charge in [-0.2, -0.15) is 0 Å². The minimum atomic E-state index is -0.468. The van der Waals surface area contributed by atoms with Gasteiger partial charge in [-0.1, -0.05) is 6.07 Å². The number of benzene rings is 1. The Balaban J connectivity index is 1.78. The molecule has 0 bridgehead atoms. The number of nitrogens with zero attached hydrogens (tertiary/aromatic N) is 5. The molecule has 0 radical (unpaired) electrons. The molecule has 4 aromatic rings. The van der Waals surface area contributed by atoms with Gasteiger partial charge in [-0.3, -0.25) is 18.7 Å². The van der Waals surface area contributed by atoms with Crippen LogP contribution in [0.5, 0.6) is 0 Å². The molecule has 3 aromatic heterocycles. The second-order valence-corrected chi connectivity index (χ2v) is 8.14. The van der Waals surface area contributed by atoms with Crippen molar-refractivity contribution in [2.75, 3.05) is 0 Å². The number of aryl methyl sites for hydroxylation is 4. The number of rotatable bonds is 4. The molecule has 3 heterocycles. The number of fused-ring (bicyclic) bond motifs is 1. The van der Waals surface area contributed by atoms with Crippen LogP contribution in [0, 0.1) is 27.7 Å². The summed E-state index contributed by atoms with van der Waals surface area (Å²) in [6.45, 7) is 7.96. The highest BCUT2D eigenvalue weighted by molar-refractivity contribution is 5.98. The van der Waals surface area contributed by atoms with Gasteiger partial charge >= 0.3 is 5.69 Å². The summed E-state index contributed by atoms with van der Waals surface area (Å²) < 4.78 is 5.92. The molecule has 1 aromatic carbocycles. The first-order chi connectivity index (χ1) is 14.6. The van der Waals surface area contributed by atoms with E-state index in [2.05, 4.69) is 41.6 Å². The summed E-state index contributed by atoms with van der Waals surface area (Å²) >= 11 is 0. The zero-order chi connectivity index (χ0) is 22.6. The Morgan fingerprint density at radius 3 is 2.23 bits per heavy atom. The van der Waals surface area contributed by atoms with Gasteiger partial charge in [0.15, 0.2) is 16.9 Å². The van der Waals surface area contributed by atoms with Crippen molar-refractivity contribution in [2.45, 2.75) is 34.2 Å². The van der Waals surface area contributed by atoms with Gasteiger partial charge in [0.25, 0.3) is 5.56 Å². The fourth-order valence-electron chi connectivity index (χ4n) is 4.28. The van der Waals surface area contributed by atoms with Crippen LogP contribution in [0.25, 0.3) is 16.9 Å². The van der Waals surface area contributed by atoms with Crippen LogP contribution in [0.3, 0.4) is 0 Å². The summed E-state index contributed by atoms with van der Waals surface area (Å²) in [7, 11) is 2.97. The van der Waals surface area contributed by atoms with Crippen LogP contribution in [0.2, 0.25) is 0 Å². The number of carbonyl (C=O) groups is 1. The lowest BCUT2D eigenvalue weighted by molar-refractivity contribution is 0.0972. The topological polar surface area (TPSA) is 83.8 Å². The largest absolute Gasteiger partial charge is 0.332 e. The highest BCUT2D eigenvalue weighted by Crippen LogP contribution is 2.23. The lowest BCUT2D eigenvalue weighted by Gasteiger charge is -2.12. The molecule has 0 aliphatic rings. The maximum atomic E-state index is 13.2. The Kier molecular flexibility index (Phi) is 4.80. The van der Waals surface area contributed by atoms with Gasteiger partial charge in [0.2, 0.25) is 0 Å². The smallest absolute Gasteiger partial charge is 0.318 e. The van der Waals surface area contributed by atoms with E-state index in [4.69, 9.17) is 0 Å². The first-order valence-corrected chi connectivity index (χ1v) is 10.0. The SMILES string of the molecule is Cc1cc(C)cc(-n2c(C)cc(C(=O)Cn3cnc4c3c(=O)n(C)c(=O)n4C)c2C)c1. The first-order valence-electron chi connectivity index (χ1n) is 10.0. The molecule has 0 saturated heterocycles. The zero-order valence-corrected chi connectivity index (χ0v) is 18.6. The normalized spacial score (nSPS) is 11.4. The predicted octanol–water partition coefficient (Wildman–Crippen LogP) is 2.34. The number of Topliss-reactive ketones (excluding diaryl/α,β-unsaturated/α-hetero) is 1. The Bertz CT molecular complexity index is 1460. The molecule has 0 atom stereocenters. The maximum absolute atomic E-state index is 13.2. The van der Waals surface area contributed by atoms with Crippen LogP contribution < -0.4 is 11.2 Å². The van der Waals surface area contributed by atoms with E-state index in [-0.39, 0.29) is 23.5 Å². The zero-order valence-electron chi connectivity index (χ0n) is 18.6. The van der Waals surface area contributed by atoms with E-state index in [1.165, 1.54) is 22.5 Å². The van der Waals surface area contributed by atoms with Crippen molar-refractivity contribution in [3.05, 3.63) is 79.5 Å². The summed E-state index contributed by atoms with van der Waals surface area (Å²) in [4.78, 5) is 42.2. The van der Waals surface area contributed by atoms with Crippen molar-refractivity contribution in [2.24, 2.45) is 14.1 Å². The summed E-state index contributed by atoms with van der Waals surface area (Å²) in [6.07, 6.45) is 1.44. The molecule has 0 aliphatic carbocycles. The number of hydrogen-bond acceptors (Lipinski definition) is 4. The Labute approximate surface area is 179 Å². The average molecular weight is 419 g/mol. The third-order valence-corrected chi connectivity index (χ3v) is 5.73. The van der Waals surface area contributed by atoms with Crippen LogP contribution in [0.1, 0.15) is 32.9 Å². The molecule has 4 rings (SSSR count). The molecule has 0 spiro atoms. The highest BCUT2D eigenvalue weighted by Gasteiger charge is 2.20. The molecule has 0 amide bonds. The molecule has 160 valence electrons. The Morgan fingerprint density at radius 1 is 0.935 bits per heavy atom. The van der Waals surface area contributed by atoms with E-state index in [1.807, 2.05) is 19.9 Å². The summed E-state index contributed by atoms with van der Waals surface area (Å²) in [5, 5.41) is 0. The lowest BCUT2D eigenvalue weighted by atomic mass is 10.1. The molecule has 0 fully saturated rings.